The van der Waals surface area contributed by atoms with E-state index in [0.717, 1.165) is 38.0 Å². The largest absolute Gasteiger partial charge is 0.491 e. The lowest BCUT2D eigenvalue weighted by Crippen LogP contribution is -2.21. The van der Waals surface area contributed by atoms with E-state index >= 15 is 0 Å². The van der Waals surface area contributed by atoms with Gasteiger partial charge in [0.05, 0.1) is 12.2 Å². The maximum absolute atomic E-state index is 5.84. The van der Waals surface area contributed by atoms with Crippen LogP contribution in [-0.2, 0) is 4.74 Å². The highest BCUT2D eigenvalue weighted by molar-refractivity contribution is 5.29. The average Bonchev–Trinajstić information content (AvgIpc) is 2.93. The van der Waals surface area contributed by atoms with Crippen LogP contribution in [0.4, 0.5) is 0 Å². The molecule has 3 unspecified atom stereocenters. The summed E-state index contributed by atoms with van der Waals surface area (Å²) in [5.41, 5.74) is 1.34. The third-order valence-corrected chi connectivity index (χ3v) is 4.09. The summed E-state index contributed by atoms with van der Waals surface area (Å²) in [6.07, 6.45) is 5.17. The standard InChI is InChI=1S/C18H29NO2/c1-4-12-19-18(5-2)15-7-10-16(11-8-15)20-13-17-9-6-14(3)21-17/h7-8,10-11,14,17-19H,4-6,9,12-13H2,1-3H3. The Morgan fingerprint density at radius 1 is 1.24 bits per heavy atom. The van der Waals surface area contributed by atoms with Gasteiger partial charge in [0, 0.05) is 6.04 Å². The molecule has 0 spiro atoms. The summed E-state index contributed by atoms with van der Waals surface area (Å²) in [7, 11) is 0. The summed E-state index contributed by atoms with van der Waals surface area (Å²) in [5, 5.41) is 3.58. The number of nitrogens with one attached hydrogen (secondary N) is 1. The summed E-state index contributed by atoms with van der Waals surface area (Å²) < 4.78 is 11.6. The number of ether oxygens (including phenoxy) is 2. The van der Waals surface area contributed by atoms with Gasteiger partial charge in [0.2, 0.25) is 0 Å². The summed E-state index contributed by atoms with van der Waals surface area (Å²) in [6, 6.07) is 8.93. The third-order valence-electron chi connectivity index (χ3n) is 4.09. The minimum Gasteiger partial charge on any atom is -0.491 e. The van der Waals surface area contributed by atoms with Gasteiger partial charge < -0.3 is 14.8 Å². The molecule has 3 nitrogen and oxygen atoms in total. The van der Waals surface area contributed by atoms with E-state index in [9.17, 15) is 0 Å². The van der Waals surface area contributed by atoms with Crippen LogP contribution in [0.2, 0.25) is 0 Å². The van der Waals surface area contributed by atoms with Crippen molar-refractivity contribution in [3.8, 4) is 5.75 Å². The highest BCUT2D eigenvalue weighted by Gasteiger charge is 2.22. The molecule has 0 radical (unpaired) electrons. The van der Waals surface area contributed by atoms with Crippen molar-refractivity contribution in [2.24, 2.45) is 0 Å². The smallest absolute Gasteiger partial charge is 0.119 e. The molecule has 1 heterocycles. The monoisotopic (exact) mass is 291 g/mol. The van der Waals surface area contributed by atoms with Gasteiger partial charge in [-0.2, -0.15) is 0 Å². The Labute approximate surface area is 129 Å². The van der Waals surface area contributed by atoms with Gasteiger partial charge in [-0.3, -0.25) is 0 Å². The highest BCUT2D eigenvalue weighted by atomic mass is 16.5. The normalized spacial score (nSPS) is 23.2. The first-order valence-electron chi connectivity index (χ1n) is 8.34. The van der Waals surface area contributed by atoms with Crippen LogP contribution in [0.25, 0.3) is 0 Å². The van der Waals surface area contributed by atoms with Crippen LogP contribution in [0.3, 0.4) is 0 Å². The van der Waals surface area contributed by atoms with Crippen LogP contribution in [0.1, 0.15) is 58.1 Å². The van der Waals surface area contributed by atoms with Crippen LogP contribution in [-0.4, -0.2) is 25.4 Å². The second-order valence-electron chi connectivity index (χ2n) is 5.94. The van der Waals surface area contributed by atoms with Gasteiger partial charge >= 0.3 is 0 Å². The molecule has 0 amide bonds. The first kappa shape index (κ1) is 16.3. The van der Waals surface area contributed by atoms with Gasteiger partial charge in [-0.15, -0.1) is 0 Å². The first-order valence-corrected chi connectivity index (χ1v) is 8.34. The van der Waals surface area contributed by atoms with Crippen LogP contribution in [0.15, 0.2) is 24.3 Å². The van der Waals surface area contributed by atoms with Crippen molar-refractivity contribution in [3.05, 3.63) is 29.8 Å². The predicted octanol–water partition coefficient (Wildman–Crippen LogP) is 4.08. The maximum Gasteiger partial charge on any atom is 0.119 e. The Morgan fingerprint density at radius 2 is 2.00 bits per heavy atom. The fourth-order valence-corrected chi connectivity index (χ4v) is 2.81. The lowest BCUT2D eigenvalue weighted by atomic mass is 10.0. The summed E-state index contributed by atoms with van der Waals surface area (Å²) >= 11 is 0. The molecule has 1 aromatic carbocycles. The van der Waals surface area contributed by atoms with Gasteiger partial charge in [0.1, 0.15) is 12.4 Å². The fourth-order valence-electron chi connectivity index (χ4n) is 2.81. The quantitative estimate of drug-likeness (QED) is 0.782. The van der Waals surface area contributed by atoms with Gasteiger partial charge in [-0.1, -0.05) is 26.0 Å². The van der Waals surface area contributed by atoms with E-state index in [2.05, 4.69) is 50.4 Å². The van der Waals surface area contributed by atoms with Crippen LogP contribution >= 0.6 is 0 Å². The van der Waals surface area contributed by atoms with Crippen molar-refractivity contribution in [1.29, 1.82) is 0 Å². The van der Waals surface area contributed by atoms with Crippen molar-refractivity contribution in [2.45, 2.75) is 64.7 Å². The number of hydrogen-bond donors (Lipinski definition) is 1. The fraction of sp³-hybridized carbons (Fsp3) is 0.667. The van der Waals surface area contributed by atoms with E-state index < -0.39 is 0 Å². The molecule has 1 aromatic rings. The van der Waals surface area contributed by atoms with Crippen LogP contribution in [0, 0.1) is 0 Å². The SMILES string of the molecule is CCCNC(CC)c1ccc(OCC2CCC(C)O2)cc1. The molecule has 0 aromatic heterocycles. The van der Waals surface area contributed by atoms with Crippen molar-refractivity contribution in [3.63, 3.8) is 0 Å². The molecule has 0 aliphatic carbocycles. The Morgan fingerprint density at radius 3 is 2.57 bits per heavy atom. The molecule has 1 N–H and O–H groups in total. The molecule has 1 saturated heterocycles. The molecular formula is C18H29NO2. The van der Waals surface area contributed by atoms with Gasteiger partial charge in [0.25, 0.3) is 0 Å². The minimum absolute atomic E-state index is 0.259. The van der Waals surface area contributed by atoms with Crippen LogP contribution < -0.4 is 10.1 Å². The minimum atomic E-state index is 0.259. The van der Waals surface area contributed by atoms with E-state index in [-0.39, 0.29) is 6.10 Å². The second-order valence-corrected chi connectivity index (χ2v) is 5.94. The Bertz CT molecular complexity index is 404. The molecule has 3 heteroatoms. The van der Waals surface area contributed by atoms with E-state index in [1.807, 2.05) is 0 Å². The first-order chi connectivity index (χ1) is 10.2. The lowest BCUT2D eigenvalue weighted by molar-refractivity contribution is 0.0264. The zero-order valence-electron chi connectivity index (χ0n) is 13.6. The molecule has 1 aliphatic rings. The number of benzene rings is 1. The molecule has 3 atom stereocenters. The molecule has 118 valence electrons. The molecule has 21 heavy (non-hydrogen) atoms. The zero-order chi connectivity index (χ0) is 15.1. The zero-order valence-corrected chi connectivity index (χ0v) is 13.6. The summed E-state index contributed by atoms with van der Waals surface area (Å²) in [4.78, 5) is 0. The Kier molecular flexibility index (Phi) is 6.52. The topological polar surface area (TPSA) is 30.5 Å². The Hall–Kier alpha value is -1.06. The lowest BCUT2D eigenvalue weighted by Gasteiger charge is -2.18. The molecular weight excluding hydrogens is 262 g/mol. The molecule has 0 bridgehead atoms. The summed E-state index contributed by atoms with van der Waals surface area (Å²) in [6.45, 7) is 8.27. The van der Waals surface area contributed by atoms with Crippen molar-refractivity contribution in [2.75, 3.05) is 13.2 Å². The molecule has 1 fully saturated rings. The predicted molar refractivity (Wildman–Crippen MR) is 86.8 cm³/mol. The second kappa shape index (κ2) is 8.40. The highest BCUT2D eigenvalue weighted by Crippen LogP contribution is 2.23. The van der Waals surface area contributed by atoms with E-state index in [1.54, 1.807) is 0 Å². The van der Waals surface area contributed by atoms with Crippen LogP contribution in [0.5, 0.6) is 5.75 Å². The van der Waals surface area contributed by atoms with E-state index in [4.69, 9.17) is 9.47 Å². The molecule has 0 saturated carbocycles. The molecule has 1 aliphatic heterocycles. The van der Waals surface area contributed by atoms with Crippen molar-refractivity contribution < 1.29 is 9.47 Å². The van der Waals surface area contributed by atoms with Gasteiger partial charge in [-0.25, -0.2) is 0 Å². The van der Waals surface area contributed by atoms with Crippen molar-refractivity contribution in [1.82, 2.24) is 5.32 Å². The van der Waals surface area contributed by atoms with Crippen molar-refractivity contribution >= 4 is 0 Å². The number of hydrogen-bond acceptors (Lipinski definition) is 3. The van der Waals surface area contributed by atoms with Gasteiger partial charge in [-0.05, 0) is 56.8 Å². The van der Waals surface area contributed by atoms with E-state index in [1.165, 1.54) is 5.56 Å². The summed E-state index contributed by atoms with van der Waals surface area (Å²) in [5.74, 6) is 0.937. The average molecular weight is 291 g/mol. The molecule has 2 rings (SSSR count). The maximum atomic E-state index is 5.84. The number of rotatable bonds is 8. The van der Waals surface area contributed by atoms with E-state index in [0.29, 0.717) is 18.8 Å². The Balaban J connectivity index is 1.83. The third kappa shape index (κ3) is 5.01. The van der Waals surface area contributed by atoms with Gasteiger partial charge in [0.15, 0.2) is 0 Å².